The van der Waals surface area contributed by atoms with Crippen LogP contribution in [0.25, 0.3) is 0 Å². The van der Waals surface area contributed by atoms with Crippen molar-refractivity contribution in [2.45, 2.75) is 32.9 Å². The summed E-state index contributed by atoms with van der Waals surface area (Å²) >= 11 is 0. The molecule has 6 heteroatoms. The second-order valence-corrected chi connectivity index (χ2v) is 7.03. The normalized spacial score (nSPS) is 14.1. The van der Waals surface area contributed by atoms with Crippen molar-refractivity contribution in [2.75, 3.05) is 25.5 Å². The van der Waals surface area contributed by atoms with E-state index in [-0.39, 0.29) is 6.03 Å². The van der Waals surface area contributed by atoms with Crippen molar-refractivity contribution in [3.8, 4) is 0 Å². The van der Waals surface area contributed by atoms with Crippen molar-refractivity contribution in [1.29, 1.82) is 0 Å². The number of nitrogens with zero attached hydrogens (tertiary/aromatic N) is 2. The Balaban J connectivity index is 1.51. The fraction of sp³-hybridized carbons (Fsp3) is 0.364. The molecular weight excluding hydrogens is 350 g/mol. The number of aryl methyl sites for hydroxylation is 1. The maximum absolute atomic E-state index is 12.3. The summed E-state index contributed by atoms with van der Waals surface area (Å²) in [7, 11) is 1.76. The van der Waals surface area contributed by atoms with Crippen molar-refractivity contribution < 1.29 is 4.79 Å². The minimum atomic E-state index is -0.0154. The number of urea groups is 1. The van der Waals surface area contributed by atoms with Crippen LogP contribution in [-0.2, 0) is 13.1 Å². The first-order valence-electron chi connectivity index (χ1n) is 9.79. The number of likely N-dealkylation sites (tertiary alicyclic amines) is 1. The largest absolute Gasteiger partial charge is 0.352 e. The smallest absolute Gasteiger partial charge is 0.321 e. The SMILES string of the molecule is CN=C(NCc1cccc(NC(=O)N2CCCC2)c1)NCc1ccccc1C. The van der Waals surface area contributed by atoms with Crippen LogP contribution >= 0.6 is 0 Å². The third-order valence-corrected chi connectivity index (χ3v) is 4.96. The highest BCUT2D eigenvalue weighted by Crippen LogP contribution is 2.14. The molecule has 6 nitrogen and oxygen atoms in total. The Morgan fingerprint density at radius 1 is 1.04 bits per heavy atom. The number of benzene rings is 2. The molecule has 2 amide bonds. The van der Waals surface area contributed by atoms with Gasteiger partial charge in [-0.3, -0.25) is 4.99 Å². The van der Waals surface area contributed by atoms with Gasteiger partial charge in [-0.2, -0.15) is 0 Å². The van der Waals surface area contributed by atoms with E-state index in [9.17, 15) is 4.79 Å². The van der Waals surface area contributed by atoms with Crippen LogP contribution in [0.15, 0.2) is 53.5 Å². The predicted molar refractivity (Wildman–Crippen MR) is 114 cm³/mol. The van der Waals surface area contributed by atoms with Gasteiger partial charge in [-0.1, -0.05) is 36.4 Å². The lowest BCUT2D eigenvalue weighted by Crippen LogP contribution is -2.36. The second kappa shape index (κ2) is 9.78. The minimum absolute atomic E-state index is 0.0154. The number of nitrogens with one attached hydrogen (secondary N) is 3. The number of amides is 2. The molecule has 0 radical (unpaired) electrons. The highest BCUT2D eigenvalue weighted by Gasteiger charge is 2.17. The Hall–Kier alpha value is -3.02. The quantitative estimate of drug-likeness (QED) is 0.550. The highest BCUT2D eigenvalue weighted by atomic mass is 16.2. The van der Waals surface area contributed by atoms with E-state index in [0.29, 0.717) is 6.54 Å². The van der Waals surface area contributed by atoms with E-state index in [1.165, 1.54) is 11.1 Å². The van der Waals surface area contributed by atoms with Gasteiger partial charge >= 0.3 is 6.03 Å². The molecule has 1 fully saturated rings. The van der Waals surface area contributed by atoms with Gasteiger partial charge in [0.1, 0.15) is 0 Å². The molecule has 0 unspecified atom stereocenters. The van der Waals surface area contributed by atoms with Gasteiger partial charge in [-0.15, -0.1) is 0 Å². The molecule has 1 saturated heterocycles. The number of rotatable bonds is 5. The monoisotopic (exact) mass is 379 g/mol. The molecule has 0 bridgehead atoms. The lowest BCUT2D eigenvalue weighted by Gasteiger charge is -2.17. The average molecular weight is 380 g/mol. The fourth-order valence-corrected chi connectivity index (χ4v) is 3.28. The van der Waals surface area contributed by atoms with Crippen LogP contribution in [-0.4, -0.2) is 37.0 Å². The van der Waals surface area contributed by atoms with Crippen molar-refractivity contribution in [3.63, 3.8) is 0 Å². The van der Waals surface area contributed by atoms with E-state index in [1.54, 1.807) is 7.05 Å². The zero-order valence-electron chi connectivity index (χ0n) is 16.7. The van der Waals surface area contributed by atoms with Crippen LogP contribution < -0.4 is 16.0 Å². The summed E-state index contributed by atoms with van der Waals surface area (Å²) < 4.78 is 0. The van der Waals surface area contributed by atoms with E-state index in [1.807, 2.05) is 41.3 Å². The Bertz CT molecular complexity index is 827. The Morgan fingerprint density at radius 2 is 1.79 bits per heavy atom. The van der Waals surface area contributed by atoms with E-state index < -0.39 is 0 Å². The number of carbonyl (C=O) groups is 1. The number of aliphatic imine (C=N–C) groups is 1. The van der Waals surface area contributed by atoms with Gasteiger partial charge in [0, 0.05) is 38.9 Å². The second-order valence-electron chi connectivity index (χ2n) is 7.03. The molecule has 1 aliphatic rings. The Kier molecular flexibility index (Phi) is 6.89. The number of hydrogen-bond donors (Lipinski definition) is 3. The summed E-state index contributed by atoms with van der Waals surface area (Å²) in [5.41, 5.74) is 4.40. The van der Waals surface area contributed by atoms with Gasteiger partial charge in [-0.25, -0.2) is 4.79 Å². The molecule has 0 spiro atoms. The Labute approximate surface area is 167 Å². The molecule has 2 aromatic carbocycles. The van der Waals surface area contributed by atoms with E-state index in [4.69, 9.17) is 0 Å². The molecule has 28 heavy (non-hydrogen) atoms. The summed E-state index contributed by atoms with van der Waals surface area (Å²) in [5.74, 6) is 0.745. The van der Waals surface area contributed by atoms with Crippen LogP contribution in [0.4, 0.5) is 10.5 Å². The molecule has 0 aromatic heterocycles. The molecule has 3 N–H and O–H groups in total. The number of guanidine groups is 1. The summed E-state index contributed by atoms with van der Waals surface area (Å²) in [6, 6.07) is 16.2. The predicted octanol–water partition coefficient (Wildman–Crippen LogP) is 3.49. The molecule has 148 valence electrons. The Morgan fingerprint density at radius 3 is 2.54 bits per heavy atom. The summed E-state index contributed by atoms with van der Waals surface area (Å²) in [6.07, 6.45) is 2.18. The van der Waals surface area contributed by atoms with E-state index in [0.717, 1.165) is 49.7 Å². The van der Waals surface area contributed by atoms with Gasteiger partial charge in [0.15, 0.2) is 5.96 Å². The van der Waals surface area contributed by atoms with Crippen LogP contribution in [0.3, 0.4) is 0 Å². The third kappa shape index (κ3) is 5.49. The zero-order valence-corrected chi connectivity index (χ0v) is 16.7. The van der Waals surface area contributed by atoms with Crippen LogP contribution in [0, 0.1) is 6.92 Å². The molecular formula is C22H29N5O. The maximum atomic E-state index is 12.3. The summed E-state index contributed by atoms with van der Waals surface area (Å²) in [5, 5.41) is 9.66. The van der Waals surface area contributed by atoms with Crippen molar-refractivity contribution in [2.24, 2.45) is 4.99 Å². The average Bonchev–Trinajstić information content (AvgIpc) is 3.25. The van der Waals surface area contributed by atoms with Crippen molar-refractivity contribution in [3.05, 3.63) is 65.2 Å². The standard InChI is InChI=1S/C22H29N5O/c1-17-8-3-4-10-19(17)16-25-21(23-2)24-15-18-9-7-11-20(14-18)26-22(28)27-12-5-6-13-27/h3-4,7-11,14H,5-6,12-13,15-16H2,1-2H3,(H,26,28)(H2,23,24,25). The molecule has 1 aliphatic heterocycles. The molecule has 0 aliphatic carbocycles. The van der Waals surface area contributed by atoms with Gasteiger partial charge in [0.25, 0.3) is 0 Å². The summed E-state index contributed by atoms with van der Waals surface area (Å²) in [4.78, 5) is 18.4. The number of anilines is 1. The third-order valence-electron chi connectivity index (χ3n) is 4.96. The van der Waals surface area contributed by atoms with E-state index in [2.05, 4.69) is 40.0 Å². The van der Waals surface area contributed by atoms with Crippen molar-refractivity contribution in [1.82, 2.24) is 15.5 Å². The van der Waals surface area contributed by atoms with Crippen LogP contribution in [0.1, 0.15) is 29.5 Å². The van der Waals surface area contributed by atoms with Crippen LogP contribution in [0.2, 0.25) is 0 Å². The first-order valence-corrected chi connectivity index (χ1v) is 9.79. The summed E-state index contributed by atoms with van der Waals surface area (Å²) in [6.45, 7) is 5.14. The molecule has 0 atom stereocenters. The van der Waals surface area contributed by atoms with Gasteiger partial charge in [0.05, 0.1) is 0 Å². The lowest BCUT2D eigenvalue weighted by molar-refractivity contribution is 0.222. The van der Waals surface area contributed by atoms with Gasteiger partial charge in [-0.05, 0) is 48.6 Å². The molecule has 1 heterocycles. The van der Waals surface area contributed by atoms with Gasteiger partial charge < -0.3 is 20.9 Å². The van der Waals surface area contributed by atoms with Gasteiger partial charge in [0.2, 0.25) is 0 Å². The minimum Gasteiger partial charge on any atom is -0.352 e. The molecule has 2 aromatic rings. The first kappa shape index (κ1) is 19.7. The first-order chi connectivity index (χ1) is 13.7. The molecule has 0 saturated carbocycles. The zero-order chi connectivity index (χ0) is 19.8. The number of carbonyl (C=O) groups excluding carboxylic acids is 1. The highest BCUT2D eigenvalue weighted by molar-refractivity contribution is 5.89. The van der Waals surface area contributed by atoms with Crippen molar-refractivity contribution >= 4 is 17.7 Å². The fourth-order valence-electron chi connectivity index (χ4n) is 3.28. The lowest BCUT2D eigenvalue weighted by atomic mass is 10.1. The molecule has 3 rings (SSSR count). The van der Waals surface area contributed by atoms with Crippen LogP contribution in [0.5, 0.6) is 0 Å². The maximum Gasteiger partial charge on any atom is 0.321 e. The topological polar surface area (TPSA) is 68.8 Å². The van der Waals surface area contributed by atoms with E-state index >= 15 is 0 Å². The number of hydrogen-bond acceptors (Lipinski definition) is 2.